The number of hydrogen-bond donors (Lipinski definition) is 0. The molecule has 1 saturated carbocycles. The Kier molecular flexibility index (Phi) is 3.85. The molecule has 0 amide bonds. The van der Waals surface area contributed by atoms with Crippen molar-refractivity contribution >= 4 is 21.7 Å². The number of pyridine rings is 1. The summed E-state index contributed by atoms with van der Waals surface area (Å²) in [5.74, 6) is 1.96. The number of aryl methyl sites for hydroxylation is 1. The van der Waals surface area contributed by atoms with Crippen LogP contribution in [0.25, 0.3) is 0 Å². The summed E-state index contributed by atoms with van der Waals surface area (Å²) in [7, 11) is 2.15. The average Bonchev–Trinajstić information content (AvgIpc) is 2.74. The highest BCUT2D eigenvalue weighted by Gasteiger charge is 2.17. The Morgan fingerprint density at radius 1 is 1.38 bits per heavy atom. The SMILES string of the molecule is Cc1nc(N(C)CC2CCCC2)ccc1Br. The first kappa shape index (κ1) is 11.9. The predicted octanol–water partition coefficient (Wildman–Crippen LogP) is 3.78. The normalized spacial score (nSPS) is 16.7. The highest BCUT2D eigenvalue weighted by atomic mass is 79.9. The third kappa shape index (κ3) is 2.76. The second kappa shape index (κ2) is 5.17. The zero-order valence-electron chi connectivity index (χ0n) is 10.0. The molecule has 0 saturated heterocycles. The Hall–Kier alpha value is -0.570. The molecule has 0 radical (unpaired) electrons. The molecule has 1 aromatic heterocycles. The molecule has 0 N–H and O–H groups in total. The minimum absolute atomic E-state index is 0.871. The lowest BCUT2D eigenvalue weighted by atomic mass is 10.1. The number of nitrogens with zero attached hydrogens (tertiary/aromatic N) is 2. The van der Waals surface area contributed by atoms with Gasteiger partial charge >= 0.3 is 0 Å². The Labute approximate surface area is 106 Å². The molecule has 88 valence electrons. The van der Waals surface area contributed by atoms with Crippen LogP contribution in [0.4, 0.5) is 5.82 Å². The average molecular weight is 283 g/mol. The molecule has 3 heteroatoms. The van der Waals surface area contributed by atoms with Gasteiger partial charge < -0.3 is 4.90 Å². The topological polar surface area (TPSA) is 16.1 Å². The van der Waals surface area contributed by atoms with Gasteiger partial charge in [0.25, 0.3) is 0 Å². The van der Waals surface area contributed by atoms with Crippen LogP contribution in [-0.4, -0.2) is 18.6 Å². The van der Waals surface area contributed by atoms with Crippen LogP contribution >= 0.6 is 15.9 Å². The lowest BCUT2D eigenvalue weighted by Gasteiger charge is -2.22. The summed E-state index contributed by atoms with van der Waals surface area (Å²) in [5, 5.41) is 0. The van der Waals surface area contributed by atoms with Gasteiger partial charge in [-0.25, -0.2) is 4.98 Å². The first-order chi connectivity index (χ1) is 7.66. The van der Waals surface area contributed by atoms with Crippen LogP contribution in [-0.2, 0) is 0 Å². The first-order valence-corrected chi connectivity index (χ1v) is 6.80. The van der Waals surface area contributed by atoms with Crippen molar-refractivity contribution in [3.8, 4) is 0 Å². The van der Waals surface area contributed by atoms with Gasteiger partial charge in [0.1, 0.15) is 5.82 Å². The van der Waals surface area contributed by atoms with E-state index in [4.69, 9.17) is 0 Å². The van der Waals surface area contributed by atoms with Crippen molar-refractivity contribution in [1.82, 2.24) is 4.98 Å². The van der Waals surface area contributed by atoms with Crippen molar-refractivity contribution in [1.29, 1.82) is 0 Å². The maximum absolute atomic E-state index is 4.59. The molecule has 16 heavy (non-hydrogen) atoms. The molecule has 0 aliphatic heterocycles. The third-order valence-corrected chi connectivity index (χ3v) is 4.24. The van der Waals surface area contributed by atoms with Crippen molar-refractivity contribution in [2.75, 3.05) is 18.5 Å². The van der Waals surface area contributed by atoms with E-state index in [-0.39, 0.29) is 0 Å². The maximum atomic E-state index is 4.59. The number of anilines is 1. The minimum Gasteiger partial charge on any atom is -0.359 e. The van der Waals surface area contributed by atoms with Gasteiger partial charge in [0.15, 0.2) is 0 Å². The van der Waals surface area contributed by atoms with Crippen LogP contribution in [0, 0.1) is 12.8 Å². The summed E-state index contributed by atoms with van der Waals surface area (Å²) in [6, 6.07) is 4.18. The van der Waals surface area contributed by atoms with Crippen LogP contribution in [0.15, 0.2) is 16.6 Å². The lowest BCUT2D eigenvalue weighted by molar-refractivity contribution is 0.545. The van der Waals surface area contributed by atoms with Crippen LogP contribution in [0.2, 0.25) is 0 Å². The smallest absolute Gasteiger partial charge is 0.128 e. The van der Waals surface area contributed by atoms with Crippen molar-refractivity contribution in [3.05, 3.63) is 22.3 Å². The van der Waals surface area contributed by atoms with Gasteiger partial charge in [-0.1, -0.05) is 12.8 Å². The van der Waals surface area contributed by atoms with E-state index in [1.54, 1.807) is 0 Å². The maximum Gasteiger partial charge on any atom is 0.128 e. The van der Waals surface area contributed by atoms with E-state index in [1.807, 2.05) is 6.92 Å². The fourth-order valence-electron chi connectivity index (χ4n) is 2.42. The van der Waals surface area contributed by atoms with E-state index in [0.717, 1.165) is 28.4 Å². The molecule has 2 nitrogen and oxygen atoms in total. The standard InChI is InChI=1S/C13H19BrN2/c1-10-12(14)7-8-13(15-10)16(2)9-11-5-3-4-6-11/h7-8,11H,3-6,9H2,1-2H3. The van der Waals surface area contributed by atoms with Crippen LogP contribution in [0.1, 0.15) is 31.4 Å². The van der Waals surface area contributed by atoms with E-state index >= 15 is 0 Å². The Morgan fingerprint density at radius 3 is 2.69 bits per heavy atom. The predicted molar refractivity (Wildman–Crippen MR) is 71.9 cm³/mol. The Morgan fingerprint density at radius 2 is 2.06 bits per heavy atom. The molecule has 2 rings (SSSR count). The summed E-state index contributed by atoms with van der Waals surface area (Å²) >= 11 is 3.49. The zero-order valence-corrected chi connectivity index (χ0v) is 11.6. The van der Waals surface area contributed by atoms with E-state index < -0.39 is 0 Å². The molecule has 0 unspecified atom stereocenters. The molecule has 1 aromatic rings. The quantitative estimate of drug-likeness (QED) is 0.839. The summed E-state index contributed by atoms with van der Waals surface area (Å²) < 4.78 is 1.09. The summed E-state index contributed by atoms with van der Waals surface area (Å²) in [6.07, 6.45) is 5.59. The minimum atomic E-state index is 0.871. The first-order valence-electron chi connectivity index (χ1n) is 6.01. The van der Waals surface area contributed by atoms with Gasteiger partial charge in [0.05, 0.1) is 5.69 Å². The zero-order chi connectivity index (χ0) is 11.5. The monoisotopic (exact) mass is 282 g/mol. The van der Waals surface area contributed by atoms with Crippen molar-refractivity contribution < 1.29 is 0 Å². The van der Waals surface area contributed by atoms with E-state index in [0.29, 0.717) is 0 Å². The number of halogens is 1. The second-order valence-electron chi connectivity index (χ2n) is 4.77. The summed E-state index contributed by atoms with van der Waals surface area (Å²) in [5.41, 5.74) is 1.07. The fraction of sp³-hybridized carbons (Fsp3) is 0.615. The van der Waals surface area contributed by atoms with Gasteiger partial charge in [0, 0.05) is 18.1 Å². The largest absolute Gasteiger partial charge is 0.359 e. The van der Waals surface area contributed by atoms with Crippen molar-refractivity contribution in [2.45, 2.75) is 32.6 Å². The molecule has 0 bridgehead atoms. The molecule has 1 aliphatic rings. The highest BCUT2D eigenvalue weighted by molar-refractivity contribution is 9.10. The third-order valence-electron chi connectivity index (χ3n) is 3.40. The van der Waals surface area contributed by atoms with Crippen molar-refractivity contribution in [2.24, 2.45) is 5.92 Å². The van der Waals surface area contributed by atoms with Gasteiger partial charge in [-0.3, -0.25) is 0 Å². The number of aromatic nitrogens is 1. The molecular formula is C13H19BrN2. The van der Waals surface area contributed by atoms with Gasteiger partial charge in [-0.05, 0) is 53.7 Å². The van der Waals surface area contributed by atoms with Gasteiger partial charge in [-0.2, -0.15) is 0 Å². The molecule has 1 heterocycles. The molecule has 0 atom stereocenters. The Balaban J connectivity index is 2.02. The molecule has 1 aliphatic carbocycles. The van der Waals surface area contributed by atoms with Crippen LogP contribution in [0.5, 0.6) is 0 Å². The Bertz CT molecular complexity index is 359. The van der Waals surface area contributed by atoms with Gasteiger partial charge in [-0.15, -0.1) is 0 Å². The van der Waals surface area contributed by atoms with E-state index in [9.17, 15) is 0 Å². The molecule has 0 spiro atoms. The van der Waals surface area contributed by atoms with E-state index in [2.05, 4.69) is 45.0 Å². The fourth-order valence-corrected chi connectivity index (χ4v) is 2.64. The molecule has 1 fully saturated rings. The molecular weight excluding hydrogens is 264 g/mol. The van der Waals surface area contributed by atoms with Crippen LogP contribution in [0.3, 0.4) is 0 Å². The number of rotatable bonds is 3. The molecule has 0 aromatic carbocycles. The summed E-state index contributed by atoms with van der Waals surface area (Å²) in [6.45, 7) is 3.19. The summed E-state index contributed by atoms with van der Waals surface area (Å²) in [4.78, 5) is 6.88. The van der Waals surface area contributed by atoms with Crippen LogP contribution < -0.4 is 4.90 Å². The second-order valence-corrected chi connectivity index (χ2v) is 5.62. The highest BCUT2D eigenvalue weighted by Crippen LogP contribution is 2.27. The van der Waals surface area contributed by atoms with E-state index in [1.165, 1.54) is 25.7 Å². The lowest BCUT2D eigenvalue weighted by Crippen LogP contribution is -2.24. The van der Waals surface area contributed by atoms with Gasteiger partial charge in [0.2, 0.25) is 0 Å². The number of hydrogen-bond acceptors (Lipinski definition) is 2. The van der Waals surface area contributed by atoms with Crippen molar-refractivity contribution in [3.63, 3.8) is 0 Å².